The van der Waals surface area contributed by atoms with Crippen LogP contribution in [0.3, 0.4) is 0 Å². The van der Waals surface area contributed by atoms with Gasteiger partial charge in [-0.05, 0) is 42.3 Å². The van der Waals surface area contributed by atoms with Gasteiger partial charge in [-0.3, -0.25) is 0 Å². The van der Waals surface area contributed by atoms with Crippen LogP contribution in [0.4, 0.5) is 18.9 Å². The minimum Gasteiger partial charge on any atom is -0.462 e. The molecule has 0 saturated heterocycles. The highest BCUT2D eigenvalue weighted by Gasteiger charge is 2.31. The summed E-state index contributed by atoms with van der Waals surface area (Å²) in [5.74, 6) is 0.509. The van der Waals surface area contributed by atoms with Gasteiger partial charge in [0.1, 0.15) is 0 Å². The van der Waals surface area contributed by atoms with Gasteiger partial charge in [-0.15, -0.1) is 5.10 Å². The van der Waals surface area contributed by atoms with Gasteiger partial charge in [0.15, 0.2) is 5.82 Å². The molecule has 0 aliphatic rings. The van der Waals surface area contributed by atoms with Gasteiger partial charge in [0.25, 0.3) is 0 Å². The number of rotatable bonds is 5. The predicted octanol–water partition coefficient (Wildman–Crippen LogP) is 4.57. The van der Waals surface area contributed by atoms with Crippen LogP contribution >= 0.6 is 0 Å². The Morgan fingerprint density at radius 2 is 1.81 bits per heavy atom. The van der Waals surface area contributed by atoms with Gasteiger partial charge in [-0.1, -0.05) is 26.0 Å². The molecule has 0 aliphatic carbocycles. The summed E-state index contributed by atoms with van der Waals surface area (Å²) in [6, 6.07) is 11.9. The second kappa shape index (κ2) is 7.30. The first-order valence-electron chi connectivity index (χ1n) is 8.37. The maximum absolute atomic E-state index is 13.1. The van der Waals surface area contributed by atoms with Crippen molar-refractivity contribution in [1.29, 1.82) is 0 Å². The summed E-state index contributed by atoms with van der Waals surface area (Å²) in [7, 11) is 0. The first-order chi connectivity index (χ1) is 12.7. The Hall–Kier alpha value is -3.03. The molecular formula is C19H19F3N4O. The average molecular weight is 376 g/mol. The molecule has 2 aromatic carbocycles. The zero-order chi connectivity index (χ0) is 19.6. The van der Waals surface area contributed by atoms with Crippen LogP contribution in [0.1, 0.15) is 19.4 Å². The molecule has 8 heteroatoms. The highest BCUT2D eigenvalue weighted by atomic mass is 19.4. The number of halogens is 3. The summed E-state index contributed by atoms with van der Waals surface area (Å²) in [6.07, 6.45) is -4.45. The van der Waals surface area contributed by atoms with E-state index in [4.69, 9.17) is 10.5 Å². The van der Waals surface area contributed by atoms with Crippen molar-refractivity contribution in [3.8, 4) is 23.1 Å². The number of nitrogen functional groups attached to an aromatic ring is 1. The second-order valence-electron chi connectivity index (χ2n) is 6.50. The molecule has 27 heavy (non-hydrogen) atoms. The van der Waals surface area contributed by atoms with Crippen LogP contribution in [0, 0.1) is 5.92 Å². The van der Waals surface area contributed by atoms with Crippen LogP contribution in [0.25, 0.3) is 17.1 Å². The summed E-state index contributed by atoms with van der Waals surface area (Å²) < 4.78 is 46.3. The lowest BCUT2D eigenvalue weighted by atomic mass is 10.1. The predicted molar refractivity (Wildman–Crippen MR) is 96.5 cm³/mol. The number of alkyl halides is 3. The molecule has 3 rings (SSSR count). The zero-order valence-corrected chi connectivity index (χ0v) is 14.9. The fourth-order valence-corrected chi connectivity index (χ4v) is 2.41. The number of ether oxygens (including phenoxy) is 1. The number of anilines is 1. The van der Waals surface area contributed by atoms with Gasteiger partial charge < -0.3 is 10.5 Å². The third-order valence-electron chi connectivity index (χ3n) is 3.72. The molecule has 0 spiro atoms. The summed E-state index contributed by atoms with van der Waals surface area (Å²) in [5, 5.41) is 4.31. The Morgan fingerprint density at radius 1 is 1.11 bits per heavy atom. The monoisotopic (exact) mass is 376 g/mol. The first kappa shape index (κ1) is 18.8. The Labute approximate surface area is 154 Å². The number of nitrogens with two attached hydrogens (primary N) is 1. The molecule has 0 amide bonds. The van der Waals surface area contributed by atoms with Crippen molar-refractivity contribution in [3.05, 3.63) is 54.1 Å². The van der Waals surface area contributed by atoms with Crippen molar-refractivity contribution < 1.29 is 17.9 Å². The Morgan fingerprint density at radius 3 is 2.44 bits per heavy atom. The molecule has 0 aliphatic heterocycles. The summed E-state index contributed by atoms with van der Waals surface area (Å²) in [4.78, 5) is 4.31. The molecule has 142 valence electrons. The Bertz CT molecular complexity index is 917. The first-order valence-corrected chi connectivity index (χ1v) is 8.37. The van der Waals surface area contributed by atoms with Gasteiger partial charge in [0.05, 0.1) is 17.9 Å². The van der Waals surface area contributed by atoms with Crippen LogP contribution in [-0.2, 0) is 6.18 Å². The zero-order valence-electron chi connectivity index (χ0n) is 14.9. The fourth-order valence-electron chi connectivity index (χ4n) is 2.41. The van der Waals surface area contributed by atoms with Crippen molar-refractivity contribution in [3.63, 3.8) is 0 Å². The van der Waals surface area contributed by atoms with E-state index in [9.17, 15) is 13.2 Å². The lowest BCUT2D eigenvalue weighted by Gasteiger charge is -2.09. The molecule has 1 aromatic heterocycles. The third-order valence-corrected chi connectivity index (χ3v) is 3.72. The summed E-state index contributed by atoms with van der Waals surface area (Å²) >= 11 is 0. The highest BCUT2D eigenvalue weighted by molar-refractivity contribution is 5.60. The van der Waals surface area contributed by atoms with Gasteiger partial charge >= 0.3 is 12.2 Å². The van der Waals surface area contributed by atoms with E-state index in [0.717, 1.165) is 12.1 Å². The molecule has 5 nitrogen and oxygen atoms in total. The van der Waals surface area contributed by atoms with Gasteiger partial charge in [-0.2, -0.15) is 18.2 Å². The third kappa shape index (κ3) is 4.39. The number of nitrogens with zero attached hydrogens (tertiary/aromatic N) is 3. The van der Waals surface area contributed by atoms with Crippen molar-refractivity contribution in [2.24, 2.45) is 5.92 Å². The molecule has 1 heterocycles. The van der Waals surface area contributed by atoms with Crippen LogP contribution in [0.2, 0.25) is 0 Å². The van der Waals surface area contributed by atoms with E-state index in [1.54, 1.807) is 30.3 Å². The van der Waals surface area contributed by atoms with Crippen molar-refractivity contribution in [2.45, 2.75) is 20.0 Å². The number of benzene rings is 2. The standard InChI is InChI=1S/C19H19F3N4O/c1-12(2)11-27-18-24-17(13-4-3-5-14(10-13)19(20,21)22)26(25-18)16-8-6-15(23)7-9-16/h3-10,12H,11,23H2,1-2H3. The smallest absolute Gasteiger partial charge is 0.416 e. The average Bonchev–Trinajstić information content (AvgIpc) is 3.04. The number of hydrogen-bond donors (Lipinski definition) is 1. The van der Waals surface area contributed by atoms with E-state index in [0.29, 0.717) is 18.0 Å². The Kier molecular flexibility index (Phi) is 5.07. The van der Waals surface area contributed by atoms with E-state index in [1.165, 1.54) is 10.7 Å². The minimum absolute atomic E-state index is 0.105. The van der Waals surface area contributed by atoms with E-state index in [2.05, 4.69) is 10.1 Å². The molecular weight excluding hydrogens is 357 g/mol. The van der Waals surface area contributed by atoms with E-state index < -0.39 is 11.7 Å². The van der Waals surface area contributed by atoms with Crippen molar-refractivity contribution >= 4 is 5.69 Å². The van der Waals surface area contributed by atoms with Crippen LogP contribution < -0.4 is 10.5 Å². The van der Waals surface area contributed by atoms with Gasteiger partial charge in [-0.25, -0.2) is 4.68 Å². The van der Waals surface area contributed by atoms with Gasteiger partial charge in [0, 0.05) is 11.3 Å². The molecule has 3 aromatic rings. The molecule has 0 unspecified atom stereocenters. The minimum atomic E-state index is -4.45. The van der Waals surface area contributed by atoms with Gasteiger partial charge in [0.2, 0.25) is 0 Å². The topological polar surface area (TPSA) is 66.0 Å². The van der Waals surface area contributed by atoms with Crippen LogP contribution in [0.5, 0.6) is 6.01 Å². The van der Waals surface area contributed by atoms with E-state index in [-0.39, 0.29) is 23.3 Å². The fraction of sp³-hybridized carbons (Fsp3) is 0.263. The normalized spacial score (nSPS) is 11.8. The van der Waals surface area contributed by atoms with E-state index >= 15 is 0 Å². The number of hydrogen-bond acceptors (Lipinski definition) is 4. The second-order valence-corrected chi connectivity index (χ2v) is 6.50. The van der Waals surface area contributed by atoms with Crippen molar-refractivity contribution in [1.82, 2.24) is 14.8 Å². The maximum Gasteiger partial charge on any atom is 0.416 e. The number of aromatic nitrogens is 3. The molecule has 0 saturated carbocycles. The van der Waals surface area contributed by atoms with Crippen LogP contribution in [0.15, 0.2) is 48.5 Å². The quantitative estimate of drug-likeness (QED) is 0.663. The lowest BCUT2D eigenvalue weighted by molar-refractivity contribution is -0.137. The molecule has 0 atom stereocenters. The molecule has 0 fully saturated rings. The van der Waals surface area contributed by atoms with Crippen LogP contribution in [-0.4, -0.2) is 21.4 Å². The van der Waals surface area contributed by atoms with Crippen molar-refractivity contribution in [2.75, 3.05) is 12.3 Å². The maximum atomic E-state index is 13.1. The largest absolute Gasteiger partial charge is 0.462 e. The molecule has 0 bridgehead atoms. The Balaban J connectivity index is 2.08. The molecule has 0 radical (unpaired) electrons. The molecule has 2 N–H and O–H groups in total. The highest BCUT2D eigenvalue weighted by Crippen LogP contribution is 2.32. The lowest BCUT2D eigenvalue weighted by Crippen LogP contribution is -2.06. The summed E-state index contributed by atoms with van der Waals surface area (Å²) in [6.45, 7) is 4.35. The SMILES string of the molecule is CC(C)COc1nc(-c2cccc(C(F)(F)F)c2)n(-c2ccc(N)cc2)n1. The summed E-state index contributed by atoms with van der Waals surface area (Å²) in [5.41, 5.74) is 6.43. The van der Waals surface area contributed by atoms with E-state index in [1.807, 2.05) is 13.8 Å².